The van der Waals surface area contributed by atoms with Crippen LogP contribution in [0.25, 0.3) is 11.0 Å². The highest BCUT2D eigenvalue weighted by molar-refractivity contribution is 5.80. The number of imidazole rings is 1. The zero-order valence-corrected chi connectivity index (χ0v) is 13.1. The second-order valence-corrected chi connectivity index (χ2v) is 6.03. The molecule has 0 bridgehead atoms. The average molecular weight is 326 g/mol. The Kier molecular flexibility index (Phi) is 3.64. The average Bonchev–Trinajstić information content (AvgIpc) is 3.30. The molecule has 2 aromatic heterocycles. The molecule has 124 valence electrons. The number of H-pyrrole nitrogens is 1. The van der Waals surface area contributed by atoms with Crippen LogP contribution in [0.3, 0.4) is 0 Å². The molecule has 4 rings (SSSR count). The molecule has 0 spiro atoms. The Morgan fingerprint density at radius 1 is 1.33 bits per heavy atom. The van der Waals surface area contributed by atoms with Crippen molar-refractivity contribution < 1.29 is 4.79 Å². The Labute approximate surface area is 137 Å². The lowest BCUT2D eigenvalue weighted by molar-refractivity contribution is -0.132. The van der Waals surface area contributed by atoms with Crippen molar-refractivity contribution in [3.63, 3.8) is 0 Å². The maximum absolute atomic E-state index is 12.8. The van der Waals surface area contributed by atoms with E-state index in [2.05, 4.69) is 15.1 Å². The molecular weight excluding hydrogens is 308 g/mol. The van der Waals surface area contributed by atoms with Crippen molar-refractivity contribution in [3.05, 3.63) is 47.4 Å². The van der Waals surface area contributed by atoms with E-state index in [9.17, 15) is 9.59 Å². The van der Waals surface area contributed by atoms with Gasteiger partial charge in [-0.1, -0.05) is 12.1 Å². The number of carbonyl (C=O) groups excluding carboxylic acids is 1. The maximum Gasteiger partial charge on any atom is 0.326 e. The van der Waals surface area contributed by atoms with Gasteiger partial charge in [0.05, 0.1) is 23.6 Å². The number of hydrogen-bond acceptors (Lipinski definition) is 4. The van der Waals surface area contributed by atoms with E-state index in [1.54, 1.807) is 11.0 Å². The van der Waals surface area contributed by atoms with Gasteiger partial charge >= 0.3 is 5.69 Å². The highest BCUT2D eigenvalue weighted by atomic mass is 16.2. The minimum absolute atomic E-state index is 0.0375. The minimum Gasteiger partial charge on any atom is -0.336 e. The van der Waals surface area contributed by atoms with Gasteiger partial charge in [-0.3, -0.25) is 14.0 Å². The summed E-state index contributed by atoms with van der Waals surface area (Å²) in [5.41, 5.74) is 1.25. The number of benzene rings is 1. The second-order valence-electron chi connectivity index (χ2n) is 6.03. The molecule has 3 aromatic rings. The fourth-order valence-electron chi connectivity index (χ4n) is 3.39. The Balaban J connectivity index is 1.54. The summed E-state index contributed by atoms with van der Waals surface area (Å²) in [5, 5.41) is 4.11. The Bertz CT molecular complexity index is 910. The van der Waals surface area contributed by atoms with Crippen LogP contribution in [0.4, 0.5) is 0 Å². The Morgan fingerprint density at radius 2 is 2.21 bits per heavy atom. The molecule has 0 saturated carbocycles. The molecule has 1 fully saturated rings. The predicted octanol–water partition coefficient (Wildman–Crippen LogP) is 0.612. The summed E-state index contributed by atoms with van der Waals surface area (Å²) in [5.74, 6) is -0.0375. The largest absolute Gasteiger partial charge is 0.336 e. The predicted molar refractivity (Wildman–Crippen MR) is 87.3 cm³/mol. The fourth-order valence-corrected chi connectivity index (χ4v) is 3.39. The smallest absolute Gasteiger partial charge is 0.326 e. The van der Waals surface area contributed by atoms with Crippen LogP contribution in [-0.2, 0) is 17.9 Å². The molecule has 1 aliphatic rings. The third kappa shape index (κ3) is 2.60. The molecule has 1 N–H and O–H groups in total. The van der Waals surface area contributed by atoms with Crippen molar-refractivity contribution in [2.45, 2.75) is 32.0 Å². The van der Waals surface area contributed by atoms with Crippen molar-refractivity contribution in [1.29, 1.82) is 0 Å². The monoisotopic (exact) mass is 326 g/mol. The van der Waals surface area contributed by atoms with Gasteiger partial charge in [0, 0.05) is 6.54 Å². The van der Waals surface area contributed by atoms with E-state index in [1.165, 1.54) is 10.9 Å². The summed E-state index contributed by atoms with van der Waals surface area (Å²) in [4.78, 5) is 33.5. The molecular formula is C16H18N6O2. The van der Waals surface area contributed by atoms with Gasteiger partial charge in [0.15, 0.2) is 0 Å². The molecule has 0 aliphatic carbocycles. The van der Waals surface area contributed by atoms with Gasteiger partial charge in [0.2, 0.25) is 5.91 Å². The fraction of sp³-hybridized carbons (Fsp3) is 0.375. The highest BCUT2D eigenvalue weighted by Crippen LogP contribution is 2.19. The molecule has 1 amide bonds. The normalized spacial score (nSPS) is 17.7. The SMILES string of the molecule is O=C(Cn1c(=O)[nH]c2ccccc21)N1CCCC1Cn1cncn1. The van der Waals surface area contributed by atoms with E-state index in [0.29, 0.717) is 6.54 Å². The van der Waals surface area contributed by atoms with Gasteiger partial charge in [-0.05, 0) is 25.0 Å². The Hall–Kier alpha value is -2.90. The third-order valence-electron chi connectivity index (χ3n) is 4.54. The summed E-state index contributed by atoms with van der Waals surface area (Å²) in [6.45, 7) is 1.40. The van der Waals surface area contributed by atoms with E-state index in [4.69, 9.17) is 0 Å². The van der Waals surface area contributed by atoms with E-state index >= 15 is 0 Å². The van der Waals surface area contributed by atoms with Crippen LogP contribution in [0.1, 0.15) is 12.8 Å². The van der Waals surface area contributed by atoms with Crippen molar-refractivity contribution in [3.8, 4) is 0 Å². The van der Waals surface area contributed by atoms with Crippen LogP contribution in [0.15, 0.2) is 41.7 Å². The number of likely N-dealkylation sites (tertiary alicyclic amines) is 1. The summed E-state index contributed by atoms with van der Waals surface area (Å²) in [6.07, 6.45) is 5.06. The topological polar surface area (TPSA) is 88.8 Å². The number of aromatic nitrogens is 5. The summed E-state index contributed by atoms with van der Waals surface area (Å²) < 4.78 is 3.25. The number of nitrogens with zero attached hydrogens (tertiary/aromatic N) is 5. The Morgan fingerprint density at radius 3 is 3.04 bits per heavy atom. The number of hydrogen-bond donors (Lipinski definition) is 1. The third-order valence-corrected chi connectivity index (χ3v) is 4.54. The van der Waals surface area contributed by atoms with E-state index in [0.717, 1.165) is 30.4 Å². The van der Waals surface area contributed by atoms with Crippen LogP contribution in [0, 0.1) is 0 Å². The van der Waals surface area contributed by atoms with Crippen molar-refractivity contribution in [2.24, 2.45) is 0 Å². The first-order chi connectivity index (χ1) is 11.7. The van der Waals surface area contributed by atoms with E-state index in [1.807, 2.05) is 29.2 Å². The number of carbonyl (C=O) groups is 1. The van der Waals surface area contributed by atoms with E-state index in [-0.39, 0.29) is 24.2 Å². The molecule has 0 radical (unpaired) electrons. The van der Waals surface area contributed by atoms with Gasteiger partial charge in [-0.2, -0.15) is 5.10 Å². The molecule has 1 aliphatic heterocycles. The number of para-hydroxylation sites is 2. The quantitative estimate of drug-likeness (QED) is 0.761. The highest BCUT2D eigenvalue weighted by Gasteiger charge is 2.29. The zero-order valence-electron chi connectivity index (χ0n) is 13.1. The molecule has 3 heterocycles. The van der Waals surface area contributed by atoms with Gasteiger partial charge in [0.25, 0.3) is 0 Å². The summed E-state index contributed by atoms with van der Waals surface area (Å²) >= 11 is 0. The number of aromatic amines is 1. The molecule has 8 heteroatoms. The second kappa shape index (κ2) is 5.95. The number of rotatable bonds is 4. The minimum atomic E-state index is -0.253. The van der Waals surface area contributed by atoms with Gasteiger partial charge in [-0.15, -0.1) is 0 Å². The molecule has 1 saturated heterocycles. The lowest BCUT2D eigenvalue weighted by Crippen LogP contribution is -2.41. The van der Waals surface area contributed by atoms with E-state index < -0.39 is 0 Å². The zero-order chi connectivity index (χ0) is 16.5. The van der Waals surface area contributed by atoms with Crippen LogP contribution in [0.2, 0.25) is 0 Å². The summed E-state index contributed by atoms with van der Waals surface area (Å²) in [6, 6.07) is 7.50. The summed E-state index contributed by atoms with van der Waals surface area (Å²) in [7, 11) is 0. The van der Waals surface area contributed by atoms with Crippen molar-refractivity contribution in [2.75, 3.05) is 6.54 Å². The molecule has 1 unspecified atom stereocenters. The van der Waals surface area contributed by atoms with Gasteiger partial charge in [-0.25, -0.2) is 9.78 Å². The number of amides is 1. The van der Waals surface area contributed by atoms with Crippen LogP contribution >= 0.6 is 0 Å². The lowest BCUT2D eigenvalue weighted by Gasteiger charge is -2.24. The van der Waals surface area contributed by atoms with Crippen molar-refractivity contribution in [1.82, 2.24) is 29.2 Å². The van der Waals surface area contributed by atoms with Gasteiger partial charge < -0.3 is 9.88 Å². The molecule has 1 atom stereocenters. The number of nitrogens with one attached hydrogen (secondary N) is 1. The maximum atomic E-state index is 12.8. The van der Waals surface area contributed by atoms with Crippen LogP contribution < -0.4 is 5.69 Å². The first kappa shape index (κ1) is 14.7. The first-order valence-corrected chi connectivity index (χ1v) is 8.02. The van der Waals surface area contributed by atoms with Crippen molar-refractivity contribution >= 4 is 16.9 Å². The lowest BCUT2D eigenvalue weighted by atomic mass is 10.2. The van der Waals surface area contributed by atoms with Crippen LogP contribution in [-0.4, -0.2) is 47.7 Å². The molecule has 1 aromatic carbocycles. The molecule has 24 heavy (non-hydrogen) atoms. The first-order valence-electron chi connectivity index (χ1n) is 8.02. The molecule has 8 nitrogen and oxygen atoms in total. The van der Waals surface area contributed by atoms with Gasteiger partial charge in [0.1, 0.15) is 19.2 Å². The van der Waals surface area contributed by atoms with Crippen LogP contribution in [0.5, 0.6) is 0 Å². The standard InChI is InChI=1S/C16H18N6O2/c23-15(9-22-14-6-2-1-5-13(14)19-16(22)24)21-7-3-4-12(21)8-20-11-17-10-18-20/h1-2,5-6,10-12H,3-4,7-9H2,(H,19,24). The number of fused-ring (bicyclic) bond motifs is 1.